The van der Waals surface area contributed by atoms with Crippen molar-refractivity contribution in [2.75, 3.05) is 11.9 Å². The van der Waals surface area contributed by atoms with E-state index in [2.05, 4.69) is 72.9 Å². The van der Waals surface area contributed by atoms with Gasteiger partial charge in [-0.3, -0.25) is 0 Å². The molecule has 142 valence electrons. The summed E-state index contributed by atoms with van der Waals surface area (Å²) in [5, 5.41) is 5.52. The minimum Gasteiger partial charge on any atom is -0.369 e. The van der Waals surface area contributed by atoms with Gasteiger partial charge in [-0.2, -0.15) is 0 Å². The molecule has 0 unspecified atom stereocenters. The normalized spacial score (nSPS) is 11.0. The Kier molecular flexibility index (Phi) is 6.24. The van der Waals surface area contributed by atoms with E-state index in [1.165, 1.54) is 16.0 Å². The molecular weight excluding hydrogens is 382 g/mol. The average molecular weight is 406 g/mol. The van der Waals surface area contributed by atoms with Crippen molar-refractivity contribution >= 4 is 39.1 Å². The lowest BCUT2D eigenvalue weighted by Crippen LogP contribution is -2.06. The van der Waals surface area contributed by atoms with Crippen LogP contribution < -0.4 is 5.32 Å². The smallest absolute Gasteiger partial charge is 0.191 e. The van der Waals surface area contributed by atoms with E-state index in [4.69, 9.17) is 9.97 Å². The van der Waals surface area contributed by atoms with Gasteiger partial charge in [0.1, 0.15) is 10.6 Å². The van der Waals surface area contributed by atoms with E-state index in [1.807, 2.05) is 6.07 Å². The third-order valence-corrected chi connectivity index (χ3v) is 6.35. The summed E-state index contributed by atoms with van der Waals surface area (Å²) in [7, 11) is 0. The Balaban J connectivity index is 1.44. The molecule has 0 amide bonds. The van der Waals surface area contributed by atoms with Crippen LogP contribution in [0.3, 0.4) is 0 Å². The Morgan fingerprint density at radius 2 is 1.64 bits per heavy atom. The van der Waals surface area contributed by atoms with Crippen LogP contribution >= 0.6 is 23.1 Å². The third kappa shape index (κ3) is 4.91. The molecule has 4 rings (SSSR count). The number of fused-ring (bicyclic) bond motifs is 1. The second kappa shape index (κ2) is 9.22. The second-order valence-corrected chi connectivity index (χ2v) is 8.90. The van der Waals surface area contributed by atoms with Gasteiger partial charge in [-0.15, -0.1) is 11.3 Å². The molecule has 0 aliphatic rings. The van der Waals surface area contributed by atoms with Crippen LogP contribution in [0.2, 0.25) is 0 Å². The monoisotopic (exact) mass is 405 g/mol. The molecule has 0 saturated carbocycles. The summed E-state index contributed by atoms with van der Waals surface area (Å²) in [5.74, 6) is 1.84. The fourth-order valence-corrected chi connectivity index (χ4v) is 4.82. The minimum absolute atomic E-state index is 0.837. The molecule has 4 aromatic rings. The maximum Gasteiger partial charge on any atom is 0.191 e. The molecule has 0 radical (unpaired) electrons. The fourth-order valence-electron chi connectivity index (χ4n) is 3.09. The highest BCUT2D eigenvalue weighted by atomic mass is 32.2. The first-order valence-electron chi connectivity index (χ1n) is 9.50. The van der Waals surface area contributed by atoms with Crippen molar-refractivity contribution in [1.82, 2.24) is 9.97 Å². The number of hydrogen-bond donors (Lipinski definition) is 1. The number of aromatic nitrogens is 2. The Hall–Kier alpha value is -2.37. The molecule has 0 aliphatic carbocycles. The molecule has 2 heterocycles. The highest BCUT2D eigenvalue weighted by Crippen LogP contribution is 2.31. The van der Waals surface area contributed by atoms with Crippen LogP contribution in [0.4, 0.5) is 5.82 Å². The number of thiophene rings is 1. The lowest BCUT2D eigenvalue weighted by Gasteiger charge is -2.09. The Morgan fingerprint density at radius 3 is 2.39 bits per heavy atom. The van der Waals surface area contributed by atoms with Gasteiger partial charge in [0.25, 0.3) is 0 Å². The number of aryl methyl sites for hydroxylation is 2. The van der Waals surface area contributed by atoms with E-state index in [0.717, 1.165) is 46.3 Å². The zero-order valence-electron chi connectivity index (χ0n) is 15.9. The highest BCUT2D eigenvalue weighted by molar-refractivity contribution is 7.98. The van der Waals surface area contributed by atoms with E-state index in [0.29, 0.717) is 0 Å². The van der Waals surface area contributed by atoms with Gasteiger partial charge < -0.3 is 5.32 Å². The summed E-state index contributed by atoms with van der Waals surface area (Å²) in [6.45, 7) is 3.03. The Labute approximate surface area is 174 Å². The summed E-state index contributed by atoms with van der Waals surface area (Å²) in [6.07, 6.45) is 2.14. The van der Waals surface area contributed by atoms with Gasteiger partial charge in [-0.1, -0.05) is 72.4 Å². The number of nitrogens with one attached hydrogen (secondary N) is 1. The summed E-state index contributed by atoms with van der Waals surface area (Å²) < 4.78 is 0. The second-order valence-electron chi connectivity index (χ2n) is 6.72. The van der Waals surface area contributed by atoms with Crippen LogP contribution in [0.5, 0.6) is 0 Å². The van der Waals surface area contributed by atoms with E-state index in [1.54, 1.807) is 23.1 Å². The Bertz CT molecular complexity index is 1030. The first-order chi connectivity index (χ1) is 13.8. The summed E-state index contributed by atoms with van der Waals surface area (Å²) in [5.41, 5.74) is 2.67. The summed E-state index contributed by atoms with van der Waals surface area (Å²) in [4.78, 5) is 11.9. The van der Waals surface area contributed by atoms with E-state index < -0.39 is 0 Å². The molecule has 0 saturated heterocycles. The first kappa shape index (κ1) is 19.0. The van der Waals surface area contributed by atoms with Crippen molar-refractivity contribution in [1.29, 1.82) is 0 Å². The van der Waals surface area contributed by atoms with Crippen molar-refractivity contribution in [2.24, 2.45) is 0 Å². The molecule has 0 atom stereocenters. The standard InChI is InChI=1S/C23H23N3S2/c1-17-15-20-21(24-14-8-13-18-9-4-2-5-10-18)25-23(26-22(20)28-17)27-16-19-11-6-3-7-12-19/h2-7,9-12,15H,8,13-14,16H2,1H3,(H,24,25,26). The minimum atomic E-state index is 0.837. The maximum atomic E-state index is 4.82. The van der Waals surface area contributed by atoms with Gasteiger partial charge in [0.15, 0.2) is 5.16 Å². The third-order valence-electron chi connectivity index (χ3n) is 4.48. The highest BCUT2D eigenvalue weighted by Gasteiger charge is 2.11. The summed E-state index contributed by atoms with van der Waals surface area (Å²) in [6, 6.07) is 23.3. The number of anilines is 1. The molecule has 0 fully saturated rings. The molecule has 3 nitrogen and oxygen atoms in total. The Morgan fingerprint density at radius 1 is 0.929 bits per heavy atom. The quantitative estimate of drug-likeness (QED) is 0.211. The number of nitrogens with zero attached hydrogens (tertiary/aromatic N) is 2. The molecule has 0 aliphatic heterocycles. The lowest BCUT2D eigenvalue weighted by atomic mass is 10.1. The largest absolute Gasteiger partial charge is 0.369 e. The molecule has 0 bridgehead atoms. The van der Waals surface area contributed by atoms with Crippen molar-refractivity contribution in [2.45, 2.75) is 30.7 Å². The van der Waals surface area contributed by atoms with Crippen molar-refractivity contribution in [3.05, 3.63) is 82.7 Å². The number of thioether (sulfide) groups is 1. The van der Waals surface area contributed by atoms with E-state index >= 15 is 0 Å². The fraction of sp³-hybridized carbons (Fsp3) is 0.217. The van der Waals surface area contributed by atoms with Crippen LogP contribution in [-0.4, -0.2) is 16.5 Å². The average Bonchev–Trinajstić information content (AvgIpc) is 3.11. The molecular formula is C23H23N3S2. The van der Waals surface area contributed by atoms with Gasteiger partial charge in [0.05, 0.1) is 5.39 Å². The molecule has 28 heavy (non-hydrogen) atoms. The van der Waals surface area contributed by atoms with Gasteiger partial charge in [0.2, 0.25) is 0 Å². The lowest BCUT2D eigenvalue weighted by molar-refractivity contribution is 0.855. The zero-order valence-corrected chi connectivity index (χ0v) is 17.5. The van der Waals surface area contributed by atoms with Crippen LogP contribution in [0, 0.1) is 6.92 Å². The SMILES string of the molecule is Cc1cc2c(NCCCc3ccccc3)nc(SCc3ccccc3)nc2s1. The van der Waals surface area contributed by atoms with Gasteiger partial charge >= 0.3 is 0 Å². The van der Waals surface area contributed by atoms with E-state index in [-0.39, 0.29) is 0 Å². The number of benzene rings is 2. The molecule has 2 aromatic carbocycles. The predicted molar refractivity (Wildman–Crippen MR) is 121 cm³/mol. The molecule has 2 aromatic heterocycles. The van der Waals surface area contributed by atoms with Crippen molar-refractivity contribution in [3.8, 4) is 0 Å². The van der Waals surface area contributed by atoms with Crippen molar-refractivity contribution < 1.29 is 0 Å². The van der Waals surface area contributed by atoms with Gasteiger partial charge in [0, 0.05) is 17.2 Å². The van der Waals surface area contributed by atoms with Crippen molar-refractivity contribution in [3.63, 3.8) is 0 Å². The van der Waals surface area contributed by atoms with E-state index in [9.17, 15) is 0 Å². The predicted octanol–water partition coefficient (Wildman–Crippen LogP) is 6.34. The van der Waals surface area contributed by atoms with Crippen LogP contribution in [0.15, 0.2) is 71.9 Å². The summed E-state index contributed by atoms with van der Waals surface area (Å²) >= 11 is 3.43. The number of hydrogen-bond acceptors (Lipinski definition) is 5. The van der Waals surface area contributed by atoms with Gasteiger partial charge in [-0.25, -0.2) is 9.97 Å². The number of rotatable bonds is 8. The van der Waals surface area contributed by atoms with Gasteiger partial charge in [-0.05, 0) is 37.0 Å². The molecule has 0 spiro atoms. The van der Waals surface area contributed by atoms with Crippen LogP contribution in [0.25, 0.3) is 10.2 Å². The van der Waals surface area contributed by atoms with Crippen LogP contribution in [-0.2, 0) is 12.2 Å². The molecule has 5 heteroatoms. The zero-order chi connectivity index (χ0) is 19.2. The molecule has 1 N–H and O–H groups in total. The van der Waals surface area contributed by atoms with Crippen LogP contribution in [0.1, 0.15) is 22.4 Å². The topological polar surface area (TPSA) is 37.8 Å². The first-order valence-corrected chi connectivity index (χ1v) is 11.3. The maximum absolute atomic E-state index is 4.82.